The molecule has 1 aliphatic heterocycles. The van der Waals surface area contributed by atoms with Crippen molar-refractivity contribution in [2.24, 2.45) is 5.92 Å². The van der Waals surface area contributed by atoms with Crippen LogP contribution >= 0.6 is 0 Å². The summed E-state index contributed by atoms with van der Waals surface area (Å²) in [5, 5.41) is 14.0. The molecular weight excluding hydrogens is 468 g/mol. The van der Waals surface area contributed by atoms with Crippen LogP contribution in [0.5, 0.6) is 5.75 Å². The standard InChI is InChI=1S/C26H36N2O6S/c1-18-13-20-15-21(33-5)11-12-24(20)35(31,32)28(16-18)17-23(29)22(14-19-9-7-6-8-10-19)27-25(30)34-26(2,3)4/h6-12,15,18,22-23,29H,13-14,16-17H2,1-5H3,(H,27,30)/t18-,22+,23-/m1/s1. The van der Waals surface area contributed by atoms with Gasteiger partial charge in [-0.2, -0.15) is 4.31 Å². The summed E-state index contributed by atoms with van der Waals surface area (Å²) >= 11 is 0. The van der Waals surface area contributed by atoms with E-state index in [1.54, 1.807) is 46.1 Å². The third kappa shape index (κ3) is 7.19. The molecule has 3 rings (SSSR count). The normalized spacial score (nSPS) is 19.7. The number of carbonyl (C=O) groups excluding carboxylic acids is 1. The second kappa shape index (κ2) is 11.0. The van der Waals surface area contributed by atoms with Gasteiger partial charge in [-0.25, -0.2) is 13.2 Å². The van der Waals surface area contributed by atoms with Crippen LogP contribution in [0.2, 0.25) is 0 Å². The van der Waals surface area contributed by atoms with E-state index in [-0.39, 0.29) is 23.9 Å². The van der Waals surface area contributed by atoms with E-state index in [0.717, 1.165) is 5.56 Å². The number of sulfonamides is 1. The van der Waals surface area contributed by atoms with E-state index in [4.69, 9.17) is 9.47 Å². The molecule has 2 aromatic rings. The predicted molar refractivity (Wildman–Crippen MR) is 134 cm³/mol. The molecule has 3 atom stereocenters. The SMILES string of the molecule is COc1ccc2c(c1)C[C@@H](C)CN(C[C@@H](O)[C@H](Cc1ccccc1)NC(=O)OC(C)(C)C)S2(=O)=O. The third-order valence-electron chi connectivity index (χ3n) is 5.82. The fraction of sp³-hybridized carbons (Fsp3) is 0.500. The fourth-order valence-electron chi connectivity index (χ4n) is 4.24. The van der Waals surface area contributed by atoms with Gasteiger partial charge in [0.2, 0.25) is 10.0 Å². The summed E-state index contributed by atoms with van der Waals surface area (Å²) in [5.41, 5.74) is 0.888. The minimum absolute atomic E-state index is 0.0247. The van der Waals surface area contributed by atoms with Gasteiger partial charge in [0, 0.05) is 13.1 Å². The minimum atomic E-state index is -3.86. The highest BCUT2D eigenvalue weighted by atomic mass is 32.2. The summed E-state index contributed by atoms with van der Waals surface area (Å²) in [6.07, 6.45) is -0.938. The van der Waals surface area contributed by atoms with E-state index < -0.39 is 33.9 Å². The van der Waals surface area contributed by atoms with Gasteiger partial charge >= 0.3 is 6.09 Å². The van der Waals surface area contributed by atoms with Crippen LogP contribution in [-0.2, 0) is 27.6 Å². The molecule has 8 nitrogen and oxygen atoms in total. The Hall–Kier alpha value is -2.62. The Labute approximate surface area is 208 Å². The molecule has 2 N–H and O–H groups in total. The Bertz CT molecular complexity index is 1110. The number of carbonyl (C=O) groups is 1. The van der Waals surface area contributed by atoms with E-state index in [2.05, 4.69) is 5.32 Å². The quantitative estimate of drug-likeness (QED) is 0.599. The van der Waals surface area contributed by atoms with E-state index >= 15 is 0 Å². The molecule has 0 radical (unpaired) electrons. The summed E-state index contributed by atoms with van der Waals surface area (Å²) in [4.78, 5) is 12.7. The van der Waals surface area contributed by atoms with E-state index in [0.29, 0.717) is 24.2 Å². The molecule has 0 saturated carbocycles. The van der Waals surface area contributed by atoms with Gasteiger partial charge in [0.15, 0.2) is 0 Å². The highest BCUT2D eigenvalue weighted by Gasteiger charge is 2.36. The lowest BCUT2D eigenvalue weighted by Gasteiger charge is -2.30. The number of amides is 1. The number of methoxy groups -OCH3 is 1. The predicted octanol–water partition coefficient (Wildman–Crippen LogP) is 3.38. The van der Waals surface area contributed by atoms with Crippen molar-refractivity contribution in [3.05, 3.63) is 59.7 Å². The number of hydrogen-bond acceptors (Lipinski definition) is 6. The average molecular weight is 505 g/mol. The Morgan fingerprint density at radius 1 is 1.20 bits per heavy atom. The summed E-state index contributed by atoms with van der Waals surface area (Å²) in [6, 6.07) is 13.6. The Morgan fingerprint density at radius 3 is 2.51 bits per heavy atom. The van der Waals surface area contributed by atoms with E-state index in [9.17, 15) is 18.3 Å². The number of aliphatic hydroxyl groups is 1. The van der Waals surface area contributed by atoms with Crippen molar-refractivity contribution in [2.45, 2.75) is 63.2 Å². The lowest BCUT2D eigenvalue weighted by Crippen LogP contribution is -2.51. The maximum Gasteiger partial charge on any atom is 0.407 e. The number of alkyl carbamates (subject to hydrolysis) is 1. The Kier molecular flexibility index (Phi) is 8.46. The van der Waals surface area contributed by atoms with Crippen LogP contribution in [0.25, 0.3) is 0 Å². The van der Waals surface area contributed by atoms with Crippen molar-refractivity contribution in [3.8, 4) is 5.75 Å². The Morgan fingerprint density at radius 2 is 1.89 bits per heavy atom. The summed E-state index contributed by atoms with van der Waals surface area (Å²) in [7, 11) is -2.32. The third-order valence-corrected chi connectivity index (χ3v) is 7.76. The zero-order valence-corrected chi connectivity index (χ0v) is 21.8. The number of hydrogen-bond donors (Lipinski definition) is 2. The molecule has 1 heterocycles. The van der Waals surface area contributed by atoms with Gasteiger partial charge in [-0.3, -0.25) is 0 Å². The number of nitrogens with one attached hydrogen (secondary N) is 1. The largest absolute Gasteiger partial charge is 0.497 e. The second-order valence-electron chi connectivity index (χ2n) is 10.1. The Balaban J connectivity index is 1.86. The monoisotopic (exact) mass is 504 g/mol. The molecule has 35 heavy (non-hydrogen) atoms. The molecular formula is C26H36N2O6S. The summed E-state index contributed by atoms with van der Waals surface area (Å²) in [6.45, 7) is 7.34. The summed E-state index contributed by atoms with van der Waals surface area (Å²) in [5.74, 6) is 0.626. The smallest absolute Gasteiger partial charge is 0.407 e. The van der Waals surface area contributed by atoms with Crippen molar-refractivity contribution in [2.75, 3.05) is 20.2 Å². The number of rotatable bonds is 7. The topological polar surface area (TPSA) is 105 Å². The van der Waals surface area contributed by atoms with Crippen LogP contribution < -0.4 is 10.1 Å². The van der Waals surface area contributed by atoms with E-state index in [1.165, 1.54) is 4.31 Å². The zero-order valence-electron chi connectivity index (χ0n) is 21.0. The van der Waals surface area contributed by atoms with Crippen LogP contribution in [0.15, 0.2) is 53.4 Å². The molecule has 0 aromatic heterocycles. The van der Waals surface area contributed by atoms with Crippen molar-refractivity contribution in [1.29, 1.82) is 0 Å². The number of aliphatic hydroxyl groups excluding tert-OH is 1. The highest BCUT2D eigenvalue weighted by Crippen LogP contribution is 2.31. The maximum atomic E-state index is 13.6. The molecule has 0 bridgehead atoms. The fourth-order valence-corrected chi connectivity index (χ4v) is 6.03. The van der Waals surface area contributed by atoms with Gasteiger partial charge in [-0.15, -0.1) is 0 Å². The van der Waals surface area contributed by atoms with Crippen molar-refractivity contribution < 1.29 is 27.8 Å². The first-order valence-corrected chi connectivity index (χ1v) is 13.2. The van der Waals surface area contributed by atoms with E-state index in [1.807, 2.05) is 37.3 Å². The first-order chi connectivity index (χ1) is 16.4. The van der Waals surface area contributed by atoms with Crippen LogP contribution in [-0.4, -0.2) is 61.9 Å². The van der Waals surface area contributed by atoms with Gasteiger partial charge in [0.05, 0.1) is 24.2 Å². The van der Waals surface area contributed by atoms with Crippen LogP contribution in [0.4, 0.5) is 4.79 Å². The molecule has 9 heteroatoms. The lowest BCUT2D eigenvalue weighted by atomic mass is 9.99. The van der Waals surface area contributed by atoms with Gasteiger partial charge in [-0.05, 0) is 68.9 Å². The molecule has 0 spiro atoms. The molecule has 192 valence electrons. The first kappa shape index (κ1) is 27.0. The van der Waals surface area contributed by atoms with Gasteiger partial charge in [-0.1, -0.05) is 37.3 Å². The first-order valence-electron chi connectivity index (χ1n) is 11.8. The van der Waals surface area contributed by atoms with Gasteiger partial charge < -0.3 is 19.9 Å². The number of nitrogens with zero attached hydrogens (tertiary/aromatic N) is 1. The molecule has 0 fully saturated rings. The number of fused-ring (bicyclic) bond motifs is 1. The van der Waals surface area contributed by atoms with Crippen molar-refractivity contribution in [1.82, 2.24) is 9.62 Å². The molecule has 0 saturated heterocycles. The summed E-state index contributed by atoms with van der Waals surface area (Å²) < 4.78 is 39.1. The second-order valence-corrected chi connectivity index (χ2v) is 12.0. The van der Waals surface area contributed by atoms with Crippen LogP contribution in [0.1, 0.15) is 38.8 Å². The van der Waals surface area contributed by atoms with Crippen molar-refractivity contribution >= 4 is 16.1 Å². The molecule has 0 unspecified atom stereocenters. The zero-order chi connectivity index (χ0) is 25.8. The van der Waals surface area contributed by atoms with Crippen LogP contribution in [0, 0.1) is 5.92 Å². The number of β-amino-alcohol motifs (C(OH)–C–C–N with tert-alkyl or cyclic N) is 1. The van der Waals surface area contributed by atoms with Gasteiger partial charge in [0.25, 0.3) is 0 Å². The van der Waals surface area contributed by atoms with Crippen molar-refractivity contribution in [3.63, 3.8) is 0 Å². The molecule has 0 aliphatic carbocycles. The highest BCUT2D eigenvalue weighted by molar-refractivity contribution is 7.89. The number of benzene rings is 2. The maximum absolute atomic E-state index is 13.6. The van der Waals surface area contributed by atoms with Crippen LogP contribution in [0.3, 0.4) is 0 Å². The molecule has 1 amide bonds. The lowest BCUT2D eigenvalue weighted by molar-refractivity contribution is 0.0400. The molecule has 1 aliphatic rings. The average Bonchev–Trinajstić information content (AvgIpc) is 2.85. The minimum Gasteiger partial charge on any atom is -0.497 e. The number of ether oxygens (including phenoxy) is 2. The molecule has 2 aromatic carbocycles. The van der Waals surface area contributed by atoms with Gasteiger partial charge in [0.1, 0.15) is 11.4 Å².